The SMILES string of the molecule is O=C(Cl)C(=O)c1c[nH]c2c(F)cc(F)cc12. The second kappa shape index (κ2) is 3.68. The van der Waals surface area contributed by atoms with E-state index in [9.17, 15) is 18.4 Å². The van der Waals surface area contributed by atoms with Gasteiger partial charge in [0.2, 0.25) is 5.78 Å². The number of H-pyrrole nitrogens is 1. The maximum atomic E-state index is 13.2. The maximum Gasteiger partial charge on any atom is 0.293 e. The van der Waals surface area contributed by atoms with Crippen LogP contribution < -0.4 is 0 Å². The van der Waals surface area contributed by atoms with Gasteiger partial charge in [-0.3, -0.25) is 9.59 Å². The first-order chi connectivity index (χ1) is 7.50. The summed E-state index contributed by atoms with van der Waals surface area (Å²) in [7, 11) is 0. The number of nitrogens with one attached hydrogen (secondary N) is 1. The van der Waals surface area contributed by atoms with Crippen molar-refractivity contribution in [1.29, 1.82) is 0 Å². The van der Waals surface area contributed by atoms with Crippen molar-refractivity contribution in [1.82, 2.24) is 4.98 Å². The number of carbonyl (C=O) groups excluding carboxylic acids is 2. The molecule has 3 nitrogen and oxygen atoms in total. The molecule has 0 spiro atoms. The van der Waals surface area contributed by atoms with Crippen molar-refractivity contribution in [3.63, 3.8) is 0 Å². The smallest absolute Gasteiger partial charge is 0.293 e. The van der Waals surface area contributed by atoms with Gasteiger partial charge >= 0.3 is 0 Å². The Hall–Kier alpha value is -1.75. The standard InChI is InChI=1S/C10H4ClF2NO2/c11-10(16)9(15)6-3-14-8-5(6)1-4(12)2-7(8)13/h1-3,14H. The number of benzene rings is 1. The maximum absolute atomic E-state index is 13.2. The van der Waals surface area contributed by atoms with Gasteiger partial charge in [-0.1, -0.05) is 0 Å². The number of halogens is 3. The lowest BCUT2D eigenvalue weighted by atomic mass is 10.1. The average Bonchev–Trinajstić information content (AvgIpc) is 2.60. The van der Waals surface area contributed by atoms with Crippen LogP contribution in [0.5, 0.6) is 0 Å². The second-order valence-corrected chi connectivity index (χ2v) is 3.46. The van der Waals surface area contributed by atoms with Gasteiger partial charge < -0.3 is 4.98 Å². The van der Waals surface area contributed by atoms with Crippen LogP contribution in [-0.2, 0) is 4.79 Å². The van der Waals surface area contributed by atoms with E-state index in [-0.39, 0.29) is 16.5 Å². The summed E-state index contributed by atoms with van der Waals surface area (Å²) in [6.45, 7) is 0. The number of carbonyl (C=O) groups is 2. The van der Waals surface area contributed by atoms with Crippen LogP contribution in [0.15, 0.2) is 18.3 Å². The third kappa shape index (κ3) is 1.59. The molecule has 0 aliphatic rings. The molecule has 0 atom stereocenters. The topological polar surface area (TPSA) is 49.9 Å². The molecule has 82 valence electrons. The van der Waals surface area contributed by atoms with Crippen molar-refractivity contribution < 1.29 is 18.4 Å². The Labute approximate surface area is 93.0 Å². The number of ketones is 1. The summed E-state index contributed by atoms with van der Waals surface area (Å²) in [6.07, 6.45) is 1.12. The number of rotatable bonds is 2. The predicted octanol–water partition coefficient (Wildman–Crippen LogP) is 2.39. The zero-order valence-corrected chi connectivity index (χ0v) is 8.44. The monoisotopic (exact) mass is 243 g/mol. The number of Topliss-reactive ketones (excluding diaryl/α,β-unsaturated/α-hetero) is 1. The Morgan fingerprint density at radius 1 is 1.25 bits per heavy atom. The molecule has 0 aliphatic heterocycles. The molecule has 0 radical (unpaired) electrons. The Morgan fingerprint density at radius 2 is 1.94 bits per heavy atom. The molecule has 16 heavy (non-hydrogen) atoms. The number of aromatic amines is 1. The first-order valence-corrected chi connectivity index (χ1v) is 4.59. The van der Waals surface area contributed by atoms with Crippen LogP contribution in [0.2, 0.25) is 0 Å². The Bertz CT molecular complexity index is 606. The molecule has 6 heteroatoms. The second-order valence-electron chi connectivity index (χ2n) is 3.12. The number of fused-ring (bicyclic) bond motifs is 1. The molecule has 0 amide bonds. The number of hydrogen-bond donors (Lipinski definition) is 1. The average molecular weight is 244 g/mol. The minimum absolute atomic E-state index is 0.00324. The highest BCUT2D eigenvalue weighted by molar-refractivity contribution is 6.83. The molecular weight excluding hydrogens is 240 g/mol. The first kappa shape index (κ1) is 10.8. The van der Waals surface area contributed by atoms with E-state index >= 15 is 0 Å². The van der Waals surface area contributed by atoms with E-state index in [1.807, 2.05) is 0 Å². The largest absolute Gasteiger partial charge is 0.358 e. The molecule has 1 aromatic heterocycles. The van der Waals surface area contributed by atoms with E-state index < -0.39 is 22.7 Å². The van der Waals surface area contributed by atoms with Gasteiger partial charge in [0, 0.05) is 17.6 Å². The van der Waals surface area contributed by atoms with E-state index in [1.54, 1.807) is 0 Å². The summed E-state index contributed by atoms with van der Waals surface area (Å²) in [5, 5.41) is -1.21. The van der Waals surface area contributed by atoms with Crippen molar-refractivity contribution in [2.75, 3.05) is 0 Å². The lowest BCUT2D eigenvalue weighted by Crippen LogP contribution is -2.06. The van der Waals surface area contributed by atoms with E-state index in [1.165, 1.54) is 0 Å². The fourth-order valence-corrected chi connectivity index (χ4v) is 1.55. The highest BCUT2D eigenvalue weighted by atomic mass is 35.5. The molecule has 1 aromatic carbocycles. The third-order valence-electron chi connectivity index (χ3n) is 2.13. The zero-order valence-electron chi connectivity index (χ0n) is 7.68. The molecule has 0 fully saturated rings. The summed E-state index contributed by atoms with van der Waals surface area (Å²) in [4.78, 5) is 24.4. The van der Waals surface area contributed by atoms with E-state index in [2.05, 4.69) is 4.98 Å². The zero-order chi connectivity index (χ0) is 11.9. The molecule has 0 aliphatic carbocycles. The molecule has 0 bridgehead atoms. The Balaban J connectivity index is 2.74. The van der Waals surface area contributed by atoms with Gasteiger partial charge in [-0.25, -0.2) is 8.78 Å². The van der Waals surface area contributed by atoms with Gasteiger partial charge in [-0.2, -0.15) is 0 Å². The molecule has 1 N–H and O–H groups in total. The van der Waals surface area contributed by atoms with Crippen LogP contribution in [-0.4, -0.2) is 16.0 Å². The lowest BCUT2D eigenvalue weighted by molar-refractivity contribution is -0.108. The highest BCUT2D eigenvalue weighted by Crippen LogP contribution is 2.23. The molecule has 2 aromatic rings. The third-order valence-corrected chi connectivity index (χ3v) is 2.30. The minimum Gasteiger partial charge on any atom is -0.358 e. The van der Waals surface area contributed by atoms with Crippen molar-refractivity contribution >= 4 is 33.5 Å². The highest BCUT2D eigenvalue weighted by Gasteiger charge is 2.19. The summed E-state index contributed by atoms with van der Waals surface area (Å²) >= 11 is 5.01. The predicted molar refractivity (Wildman–Crippen MR) is 53.4 cm³/mol. The van der Waals surface area contributed by atoms with Crippen LogP contribution in [0.25, 0.3) is 10.9 Å². The fourth-order valence-electron chi connectivity index (χ4n) is 1.45. The summed E-state index contributed by atoms with van der Waals surface area (Å²) in [6, 6.07) is 1.64. The van der Waals surface area contributed by atoms with Gasteiger partial charge in [-0.05, 0) is 17.7 Å². The Kier molecular flexibility index (Phi) is 2.47. The molecule has 0 saturated carbocycles. The van der Waals surface area contributed by atoms with Crippen molar-refractivity contribution in [2.45, 2.75) is 0 Å². The number of aromatic nitrogens is 1. The van der Waals surface area contributed by atoms with E-state index in [0.29, 0.717) is 6.07 Å². The van der Waals surface area contributed by atoms with Gasteiger partial charge in [0.25, 0.3) is 5.24 Å². The van der Waals surface area contributed by atoms with Gasteiger partial charge in [0.05, 0.1) is 11.1 Å². The molecule has 1 heterocycles. The molecular formula is C10H4ClF2NO2. The first-order valence-electron chi connectivity index (χ1n) is 4.21. The summed E-state index contributed by atoms with van der Waals surface area (Å²) in [5.74, 6) is -2.67. The molecule has 0 unspecified atom stereocenters. The lowest BCUT2D eigenvalue weighted by Gasteiger charge is -1.95. The Morgan fingerprint density at radius 3 is 2.56 bits per heavy atom. The van der Waals surface area contributed by atoms with Crippen molar-refractivity contribution in [3.05, 3.63) is 35.5 Å². The van der Waals surface area contributed by atoms with Crippen LogP contribution in [0.3, 0.4) is 0 Å². The van der Waals surface area contributed by atoms with E-state index in [4.69, 9.17) is 11.6 Å². The van der Waals surface area contributed by atoms with Gasteiger partial charge in [0.15, 0.2) is 0 Å². The molecule has 0 saturated heterocycles. The summed E-state index contributed by atoms with van der Waals surface area (Å²) < 4.78 is 26.2. The van der Waals surface area contributed by atoms with Crippen molar-refractivity contribution in [2.24, 2.45) is 0 Å². The minimum atomic E-state index is -1.20. The van der Waals surface area contributed by atoms with Gasteiger partial charge in [0.1, 0.15) is 11.6 Å². The quantitative estimate of drug-likeness (QED) is 0.500. The number of hydrogen-bond acceptors (Lipinski definition) is 2. The van der Waals surface area contributed by atoms with Crippen LogP contribution in [0, 0.1) is 11.6 Å². The summed E-state index contributed by atoms with van der Waals surface area (Å²) in [5.41, 5.74) is -0.184. The van der Waals surface area contributed by atoms with E-state index in [0.717, 1.165) is 12.3 Å². The molecule has 2 rings (SSSR count). The van der Waals surface area contributed by atoms with Crippen molar-refractivity contribution in [3.8, 4) is 0 Å². The van der Waals surface area contributed by atoms with Crippen LogP contribution in [0.1, 0.15) is 10.4 Å². The normalized spacial score (nSPS) is 10.7. The van der Waals surface area contributed by atoms with Crippen LogP contribution in [0.4, 0.5) is 8.78 Å². The van der Waals surface area contributed by atoms with Gasteiger partial charge in [-0.15, -0.1) is 0 Å². The fraction of sp³-hybridized carbons (Fsp3) is 0. The van der Waals surface area contributed by atoms with Crippen LogP contribution >= 0.6 is 11.6 Å².